The molecule has 0 aromatic heterocycles. The van der Waals surface area contributed by atoms with Crippen molar-refractivity contribution in [2.75, 3.05) is 12.9 Å². The van der Waals surface area contributed by atoms with E-state index in [0.717, 1.165) is 31.9 Å². The van der Waals surface area contributed by atoms with E-state index >= 15 is 0 Å². The average molecular weight is 382 g/mol. The van der Waals surface area contributed by atoms with Crippen LogP contribution in [0.15, 0.2) is 23.1 Å². The summed E-state index contributed by atoms with van der Waals surface area (Å²) in [5, 5.41) is 4.79. The van der Waals surface area contributed by atoms with Crippen molar-refractivity contribution in [1.29, 1.82) is 0 Å². The van der Waals surface area contributed by atoms with E-state index in [2.05, 4.69) is 10.6 Å². The molecule has 26 heavy (non-hydrogen) atoms. The van der Waals surface area contributed by atoms with Crippen molar-refractivity contribution >= 4 is 27.7 Å². The number of carbonyl (C=O) groups excluding carboxylic acids is 3. The first-order chi connectivity index (χ1) is 12.2. The molecular formula is C17H22N2O6S. The van der Waals surface area contributed by atoms with Crippen LogP contribution < -0.4 is 10.6 Å². The first kappa shape index (κ1) is 19.9. The number of ether oxygens (including phenoxy) is 1. The zero-order valence-corrected chi connectivity index (χ0v) is 15.5. The highest BCUT2D eigenvalue weighted by atomic mass is 32.2. The molecule has 0 radical (unpaired) electrons. The van der Waals surface area contributed by atoms with Gasteiger partial charge < -0.3 is 10.1 Å². The second kappa shape index (κ2) is 8.31. The number of hydrogen-bond donors (Lipinski definition) is 2. The molecular weight excluding hydrogens is 360 g/mol. The molecule has 1 fully saturated rings. The summed E-state index contributed by atoms with van der Waals surface area (Å²) in [6, 6.07) is 3.53. The SMILES string of the molecule is Cc1ccc(S(C)(=O)=O)cc1C(=O)OCC(=O)NC(=O)NC1CCCC1. The van der Waals surface area contributed by atoms with Gasteiger partial charge in [0.15, 0.2) is 16.4 Å². The number of amides is 3. The highest BCUT2D eigenvalue weighted by Crippen LogP contribution is 2.18. The Bertz CT molecular complexity index is 813. The number of sulfone groups is 1. The summed E-state index contributed by atoms with van der Waals surface area (Å²) in [6.07, 6.45) is 4.88. The molecule has 0 spiro atoms. The lowest BCUT2D eigenvalue weighted by Gasteiger charge is -2.12. The third kappa shape index (κ3) is 5.55. The number of urea groups is 1. The molecule has 2 rings (SSSR count). The van der Waals surface area contributed by atoms with Crippen molar-refractivity contribution in [3.8, 4) is 0 Å². The van der Waals surface area contributed by atoms with Crippen molar-refractivity contribution < 1.29 is 27.5 Å². The maximum Gasteiger partial charge on any atom is 0.338 e. The molecule has 1 aliphatic rings. The summed E-state index contributed by atoms with van der Waals surface area (Å²) in [4.78, 5) is 35.5. The Hall–Kier alpha value is -2.42. The van der Waals surface area contributed by atoms with E-state index in [4.69, 9.17) is 4.74 Å². The van der Waals surface area contributed by atoms with Crippen LogP contribution in [0.1, 0.15) is 41.6 Å². The Morgan fingerprint density at radius 2 is 1.85 bits per heavy atom. The van der Waals surface area contributed by atoms with Crippen molar-refractivity contribution in [1.82, 2.24) is 10.6 Å². The summed E-state index contributed by atoms with van der Waals surface area (Å²) in [6.45, 7) is 0.983. The zero-order valence-electron chi connectivity index (χ0n) is 14.7. The summed E-state index contributed by atoms with van der Waals surface area (Å²) >= 11 is 0. The van der Waals surface area contributed by atoms with Crippen LogP contribution in [0.4, 0.5) is 4.79 Å². The monoisotopic (exact) mass is 382 g/mol. The van der Waals surface area contributed by atoms with Crippen LogP contribution in [0.3, 0.4) is 0 Å². The van der Waals surface area contributed by atoms with E-state index in [1.54, 1.807) is 6.92 Å². The van der Waals surface area contributed by atoms with Gasteiger partial charge in [-0.2, -0.15) is 0 Å². The van der Waals surface area contributed by atoms with Gasteiger partial charge in [-0.1, -0.05) is 18.9 Å². The van der Waals surface area contributed by atoms with Gasteiger partial charge >= 0.3 is 12.0 Å². The quantitative estimate of drug-likeness (QED) is 0.742. The first-order valence-electron chi connectivity index (χ1n) is 8.25. The molecule has 0 atom stereocenters. The second-order valence-corrected chi connectivity index (χ2v) is 8.34. The molecule has 0 bridgehead atoms. The second-order valence-electron chi connectivity index (χ2n) is 6.33. The summed E-state index contributed by atoms with van der Waals surface area (Å²) in [7, 11) is -3.47. The van der Waals surface area contributed by atoms with E-state index < -0.39 is 34.4 Å². The molecule has 0 saturated heterocycles. The fourth-order valence-electron chi connectivity index (χ4n) is 2.71. The maximum atomic E-state index is 12.1. The molecule has 1 aromatic carbocycles. The van der Waals surface area contributed by atoms with Crippen LogP contribution in [0.2, 0.25) is 0 Å². The van der Waals surface area contributed by atoms with Gasteiger partial charge in [-0.25, -0.2) is 18.0 Å². The Morgan fingerprint density at radius 1 is 1.19 bits per heavy atom. The molecule has 1 aromatic rings. The first-order valence-corrected chi connectivity index (χ1v) is 10.1. The van der Waals surface area contributed by atoms with Crippen LogP contribution in [0.5, 0.6) is 0 Å². The van der Waals surface area contributed by atoms with Gasteiger partial charge in [0.05, 0.1) is 10.5 Å². The third-order valence-electron chi connectivity index (χ3n) is 4.13. The van der Waals surface area contributed by atoms with Crippen LogP contribution in [-0.4, -0.2) is 45.2 Å². The maximum absolute atomic E-state index is 12.1. The minimum absolute atomic E-state index is 0.0181. The predicted octanol–water partition coefficient (Wildman–Crippen LogP) is 1.32. The summed E-state index contributed by atoms with van der Waals surface area (Å²) in [5.41, 5.74) is 0.568. The van der Waals surface area contributed by atoms with Gasteiger partial charge in [-0.3, -0.25) is 10.1 Å². The van der Waals surface area contributed by atoms with Crippen LogP contribution in [0, 0.1) is 6.92 Å². The molecule has 8 nitrogen and oxygen atoms in total. The van der Waals surface area contributed by atoms with Crippen LogP contribution in [0.25, 0.3) is 0 Å². The van der Waals surface area contributed by atoms with E-state index in [0.29, 0.717) is 5.56 Å². The fraction of sp³-hybridized carbons (Fsp3) is 0.471. The van der Waals surface area contributed by atoms with Crippen LogP contribution in [-0.2, 0) is 19.4 Å². The number of nitrogens with one attached hydrogen (secondary N) is 2. The molecule has 9 heteroatoms. The topological polar surface area (TPSA) is 119 Å². The minimum atomic E-state index is -3.47. The smallest absolute Gasteiger partial charge is 0.338 e. The predicted molar refractivity (Wildman–Crippen MR) is 93.5 cm³/mol. The number of rotatable bonds is 5. The zero-order chi connectivity index (χ0) is 19.3. The lowest BCUT2D eigenvalue weighted by Crippen LogP contribution is -2.45. The Kier molecular flexibility index (Phi) is 6.36. The molecule has 0 unspecified atom stereocenters. The Balaban J connectivity index is 1.89. The number of hydrogen-bond acceptors (Lipinski definition) is 6. The molecule has 0 heterocycles. The van der Waals surface area contributed by atoms with Crippen molar-refractivity contribution in [2.45, 2.75) is 43.5 Å². The Labute approximate surface area is 152 Å². The number of carbonyl (C=O) groups is 3. The van der Waals surface area contributed by atoms with E-state index in [1.807, 2.05) is 0 Å². The molecule has 142 valence electrons. The van der Waals surface area contributed by atoms with Crippen molar-refractivity contribution in [3.05, 3.63) is 29.3 Å². The van der Waals surface area contributed by atoms with Gasteiger partial charge in [0.25, 0.3) is 5.91 Å². The van der Waals surface area contributed by atoms with Gasteiger partial charge in [0, 0.05) is 12.3 Å². The van der Waals surface area contributed by atoms with Crippen LogP contribution >= 0.6 is 0 Å². The highest BCUT2D eigenvalue weighted by Gasteiger charge is 2.20. The number of esters is 1. The summed E-state index contributed by atoms with van der Waals surface area (Å²) < 4.78 is 28.1. The normalized spacial score (nSPS) is 14.7. The van der Waals surface area contributed by atoms with Gasteiger partial charge in [-0.05, 0) is 37.5 Å². The van der Waals surface area contributed by atoms with E-state index in [1.165, 1.54) is 18.2 Å². The fourth-order valence-corrected chi connectivity index (χ4v) is 3.36. The molecule has 2 N–H and O–H groups in total. The number of aryl methyl sites for hydroxylation is 1. The molecule has 3 amide bonds. The minimum Gasteiger partial charge on any atom is -0.452 e. The lowest BCUT2D eigenvalue weighted by atomic mass is 10.1. The highest BCUT2D eigenvalue weighted by molar-refractivity contribution is 7.90. The van der Waals surface area contributed by atoms with Crippen molar-refractivity contribution in [3.63, 3.8) is 0 Å². The Morgan fingerprint density at radius 3 is 2.46 bits per heavy atom. The largest absolute Gasteiger partial charge is 0.452 e. The van der Waals surface area contributed by atoms with E-state index in [9.17, 15) is 22.8 Å². The van der Waals surface area contributed by atoms with Crippen molar-refractivity contribution in [2.24, 2.45) is 0 Å². The summed E-state index contributed by atoms with van der Waals surface area (Å²) in [5.74, 6) is -1.59. The van der Waals surface area contributed by atoms with E-state index in [-0.39, 0.29) is 16.5 Å². The van der Waals surface area contributed by atoms with Gasteiger partial charge in [-0.15, -0.1) is 0 Å². The molecule has 1 aliphatic carbocycles. The van der Waals surface area contributed by atoms with Gasteiger partial charge in [0.1, 0.15) is 0 Å². The third-order valence-corrected chi connectivity index (χ3v) is 5.25. The average Bonchev–Trinajstić information content (AvgIpc) is 3.04. The number of imide groups is 1. The standard InChI is InChI=1S/C17H22N2O6S/c1-11-7-8-13(26(2,23)24)9-14(11)16(21)25-10-15(20)19-17(22)18-12-5-3-4-6-12/h7-9,12H,3-6,10H2,1-2H3,(H2,18,19,20,22). The lowest BCUT2D eigenvalue weighted by molar-refractivity contribution is -0.123. The van der Waals surface area contributed by atoms with Gasteiger partial charge in [0.2, 0.25) is 0 Å². The number of benzene rings is 1. The molecule has 1 saturated carbocycles. The molecule has 0 aliphatic heterocycles.